The van der Waals surface area contributed by atoms with Gasteiger partial charge in [-0.1, -0.05) is 12.1 Å². The van der Waals surface area contributed by atoms with E-state index in [0.29, 0.717) is 25.9 Å². The van der Waals surface area contributed by atoms with Gasteiger partial charge in [0, 0.05) is 31.5 Å². The number of likely N-dealkylation sites (tertiary alicyclic amines) is 2. The topological polar surface area (TPSA) is 75.9 Å². The van der Waals surface area contributed by atoms with Gasteiger partial charge in [0.15, 0.2) is 0 Å². The first-order valence-electron chi connectivity index (χ1n) is 9.50. The fourth-order valence-electron chi connectivity index (χ4n) is 4.01. The van der Waals surface area contributed by atoms with Crippen molar-refractivity contribution in [2.45, 2.75) is 32.2 Å². The van der Waals surface area contributed by atoms with Crippen LogP contribution in [0, 0.1) is 11.8 Å². The number of primary amides is 1. The van der Waals surface area contributed by atoms with Gasteiger partial charge in [-0.25, -0.2) is 0 Å². The molecule has 2 aliphatic rings. The summed E-state index contributed by atoms with van der Waals surface area (Å²) in [6.07, 6.45) is 3.21. The van der Waals surface area contributed by atoms with Crippen LogP contribution in [0.3, 0.4) is 0 Å². The molecule has 0 spiro atoms. The molecule has 0 bridgehead atoms. The Morgan fingerprint density at radius 1 is 1.08 bits per heavy atom. The van der Waals surface area contributed by atoms with Crippen molar-refractivity contribution < 1.29 is 14.3 Å². The first kappa shape index (κ1) is 18.7. The van der Waals surface area contributed by atoms with Gasteiger partial charge in [-0.3, -0.25) is 14.5 Å². The zero-order valence-electron chi connectivity index (χ0n) is 15.5. The summed E-state index contributed by atoms with van der Waals surface area (Å²) in [4.78, 5) is 28.4. The monoisotopic (exact) mass is 359 g/mol. The molecule has 26 heavy (non-hydrogen) atoms. The minimum atomic E-state index is -0.233. The van der Waals surface area contributed by atoms with E-state index < -0.39 is 0 Å². The summed E-state index contributed by atoms with van der Waals surface area (Å²) in [6, 6.07) is 8.15. The third-order valence-corrected chi connectivity index (χ3v) is 5.69. The standard InChI is InChI=1S/C20H29N3O3/c1-26-18-4-2-3-15(13-18)14-22-9-5-17(6-10-22)20(25)23-11-7-16(8-12-23)19(21)24/h2-4,13,16-17H,5-12,14H2,1H3,(H2,21,24). The molecule has 6 nitrogen and oxygen atoms in total. The van der Waals surface area contributed by atoms with E-state index in [1.54, 1.807) is 7.11 Å². The van der Waals surface area contributed by atoms with E-state index in [1.807, 2.05) is 17.0 Å². The molecule has 2 N–H and O–H groups in total. The first-order chi connectivity index (χ1) is 12.6. The largest absolute Gasteiger partial charge is 0.497 e. The molecule has 0 radical (unpaired) electrons. The smallest absolute Gasteiger partial charge is 0.225 e. The zero-order valence-corrected chi connectivity index (χ0v) is 15.5. The molecule has 0 unspecified atom stereocenters. The van der Waals surface area contributed by atoms with E-state index in [9.17, 15) is 9.59 Å². The van der Waals surface area contributed by atoms with E-state index in [4.69, 9.17) is 10.5 Å². The van der Waals surface area contributed by atoms with Gasteiger partial charge in [0.05, 0.1) is 7.11 Å². The fraction of sp³-hybridized carbons (Fsp3) is 0.600. The third kappa shape index (κ3) is 4.55. The van der Waals surface area contributed by atoms with Crippen molar-refractivity contribution in [2.75, 3.05) is 33.3 Å². The highest BCUT2D eigenvalue weighted by Gasteiger charge is 2.31. The minimum Gasteiger partial charge on any atom is -0.497 e. The van der Waals surface area contributed by atoms with Crippen LogP contribution in [0.25, 0.3) is 0 Å². The minimum absolute atomic E-state index is 0.0660. The van der Waals surface area contributed by atoms with Crippen molar-refractivity contribution in [3.05, 3.63) is 29.8 Å². The van der Waals surface area contributed by atoms with Crippen LogP contribution in [0.4, 0.5) is 0 Å². The number of hydrogen-bond acceptors (Lipinski definition) is 4. The number of ether oxygens (including phenoxy) is 1. The molecule has 0 atom stereocenters. The predicted octanol–water partition coefficient (Wildman–Crippen LogP) is 1.63. The lowest BCUT2D eigenvalue weighted by atomic mass is 9.91. The van der Waals surface area contributed by atoms with Crippen LogP contribution in [-0.2, 0) is 16.1 Å². The maximum Gasteiger partial charge on any atom is 0.225 e. The predicted molar refractivity (Wildman–Crippen MR) is 99.5 cm³/mol. The SMILES string of the molecule is COc1cccc(CN2CCC(C(=O)N3CCC(C(N)=O)CC3)CC2)c1. The second-order valence-electron chi connectivity index (χ2n) is 7.40. The third-order valence-electron chi connectivity index (χ3n) is 5.69. The van der Waals surface area contributed by atoms with Crippen LogP contribution in [0.2, 0.25) is 0 Å². The molecule has 0 aliphatic carbocycles. The molecule has 1 aromatic carbocycles. The van der Waals surface area contributed by atoms with E-state index in [1.165, 1.54) is 5.56 Å². The van der Waals surface area contributed by atoms with Crippen LogP contribution < -0.4 is 10.5 Å². The molecule has 2 heterocycles. The number of benzene rings is 1. The van der Waals surface area contributed by atoms with Crippen LogP contribution >= 0.6 is 0 Å². The number of methoxy groups -OCH3 is 1. The summed E-state index contributed by atoms with van der Waals surface area (Å²) in [6.45, 7) is 4.09. The van der Waals surface area contributed by atoms with Crippen LogP contribution in [0.15, 0.2) is 24.3 Å². The lowest BCUT2D eigenvalue weighted by molar-refractivity contribution is -0.140. The van der Waals surface area contributed by atoms with Gasteiger partial charge in [-0.15, -0.1) is 0 Å². The van der Waals surface area contributed by atoms with E-state index in [2.05, 4.69) is 17.0 Å². The second-order valence-corrected chi connectivity index (χ2v) is 7.40. The van der Waals surface area contributed by atoms with E-state index in [0.717, 1.165) is 38.2 Å². The molecule has 2 aliphatic heterocycles. The zero-order chi connectivity index (χ0) is 18.5. The Balaban J connectivity index is 1.46. The molecule has 6 heteroatoms. The Hall–Kier alpha value is -2.08. The Morgan fingerprint density at radius 3 is 2.35 bits per heavy atom. The normalized spacial score (nSPS) is 20.1. The number of nitrogens with zero attached hydrogens (tertiary/aromatic N) is 2. The van der Waals surface area contributed by atoms with Crippen molar-refractivity contribution >= 4 is 11.8 Å². The molecule has 3 rings (SSSR count). The van der Waals surface area contributed by atoms with Crippen molar-refractivity contribution in [2.24, 2.45) is 17.6 Å². The van der Waals surface area contributed by atoms with Gasteiger partial charge in [0.1, 0.15) is 5.75 Å². The molecule has 0 aromatic heterocycles. The van der Waals surface area contributed by atoms with Crippen molar-refractivity contribution in [1.82, 2.24) is 9.80 Å². The van der Waals surface area contributed by atoms with Gasteiger partial charge in [-0.2, -0.15) is 0 Å². The van der Waals surface area contributed by atoms with Crippen molar-refractivity contribution in [3.8, 4) is 5.75 Å². The van der Waals surface area contributed by atoms with Crippen LogP contribution in [-0.4, -0.2) is 54.9 Å². The molecular weight excluding hydrogens is 330 g/mol. The quantitative estimate of drug-likeness (QED) is 0.867. The average Bonchev–Trinajstić information content (AvgIpc) is 2.68. The Bertz CT molecular complexity index is 633. The molecule has 2 amide bonds. The number of carbonyl (C=O) groups is 2. The molecule has 2 fully saturated rings. The van der Waals surface area contributed by atoms with Crippen molar-refractivity contribution in [3.63, 3.8) is 0 Å². The van der Waals surface area contributed by atoms with Gasteiger partial charge in [0.2, 0.25) is 11.8 Å². The highest BCUT2D eigenvalue weighted by atomic mass is 16.5. The summed E-state index contributed by atoms with van der Waals surface area (Å²) in [5.74, 6) is 0.953. The molecule has 142 valence electrons. The number of hydrogen-bond donors (Lipinski definition) is 1. The van der Waals surface area contributed by atoms with Gasteiger partial charge >= 0.3 is 0 Å². The number of carbonyl (C=O) groups excluding carboxylic acids is 2. The Kier molecular flexibility index (Phi) is 6.14. The summed E-state index contributed by atoms with van der Waals surface area (Å²) in [7, 11) is 1.68. The molecule has 1 aromatic rings. The lowest BCUT2D eigenvalue weighted by Crippen LogP contribution is -2.46. The summed E-state index contributed by atoms with van der Waals surface area (Å²) in [5.41, 5.74) is 6.61. The van der Waals surface area contributed by atoms with Crippen molar-refractivity contribution in [1.29, 1.82) is 0 Å². The summed E-state index contributed by atoms with van der Waals surface area (Å²) < 4.78 is 5.28. The number of amides is 2. The number of piperidine rings is 2. The second kappa shape index (κ2) is 8.54. The van der Waals surface area contributed by atoms with Gasteiger partial charge < -0.3 is 15.4 Å². The number of rotatable bonds is 5. The average molecular weight is 359 g/mol. The molecule has 0 saturated carbocycles. The van der Waals surface area contributed by atoms with E-state index >= 15 is 0 Å². The number of nitrogens with two attached hydrogens (primary N) is 1. The molecular formula is C20H29N3O3. The fourth-order valence-corrected chi connectivity index (χ4v) is 4.01. The maximum absolute atomic E-state index is 12.8. The summed E-state index contributed by atoms with van der Waals surface area (Å²) in [5, 5.41) is 0. The lowest BCUT2D eigenvalue weighted by Gasteiger charge is -2.36. The Labute approximate surface area is 155 Å². The van der Waals surface area contributed by atoms with Gasteiger partial charge in [-0.05, 0) is 56.5 Å². The molecule has 2 saturated heterocycles. The highest BCUT2D eigenvalue weighted by Crippen LogP contribution is 2.25. The van der Waals surface area contributed by atoms with Crippen LogP contribution in [0.1, 0.15) is 31.2 Å². The summed E-state index contributed by atoms with van der Waals surface area (Å²) >= 11 is 0. The van der Waals surface area contributed by atoms with Crippen LogP contribution in [0.5, 0.6) is 5.75 Å². The van der Waals surface area contributed by atoms with E-state index in [-0.39, 0.29) is 23.7 Å². The first-order valence-corrected chi connectivity index (χ1v) is 9.50. The van der Waals surface area contributed by atoms with Gasteiger partial charge in [0.25, 0.3) is 0 Å². The highest BCUT2D eigenvalue weighted by molar-refractivity contribution is 5.80. The Morgan fingerprint density at radius 2 is 1.73 bits per heavy atom. The maximum atomic E-state index is 12.8.